The summed E-state index contributed by atoms with van der Waals surface area (Å²) in [5, 5.41) is 9.36. The summed E-state index contributed by atoms with van der Waals surface area (Å²) >= 11 is 0. The molecule has 1 aromatic carbocycles. The fourth-order valence-electron chi connectivity index (χ4n) is 1.99. The fourth-order valence-corrected chi connectivity index (χ4v) is 1.99. The van der Waals surface area contributed by atoms with E-state index in [0.29, 0.717) is 17.9 Å². The topological polar surface area (TPSA) is 57.6 Å². The van der Waals surface area contributed by atoms with Crippen LogP contribution in [0.3, 0.4) is 0 Å². The first-order chi connectivity index (χ1) is 8.88. The smallest absolute Gasteiger partial charge is 0.331 e. The lowest BCUT2D eigenvalue weighted by molar-refractivity contribution is -0.147. The lowest BCUT2D eigenvalue weighted by Gasteiger charge is -2.29. The summed E-state index contributed by atoms with van der Waals surface area (Å²) in [5.74, 6) is -0.623. The van der Waals surface area contributed by atoms with Gasteiger partial charge in [0.25, 0.3) is 0 Å². The highest BCUT2D eigenvalue weighted by Gasteiger charge is 2.28. The summed E-state index contributed by atoms with van der Waals surface area (Å²) in [6.07, 6.45) is 0.597. The number of rotatable bonds is 6. The number of nitrogens with zero attached hydrogens (tertiary/aromatic N) is 1. The number of carboxylic acids is 1. The number of carbonyl (C=O) groups excluding carboxylic acids is 1. The molecule has 1 N–H and O–H groups in total. The summed E-state index contributed by atoms with van der Waals surface area (Å²) in [5.41, 5.74) is 1.77. The van der Waals surface area contributed by atoms with Crippen molar-refractivity contribution in [3.8, 4) is 0 Å². The molecule has 1 atom stereocenters. The van der Waals surface area contributed by atoms with Crippen molar-refractivity contribution in [1.82, 2.24) is 4.90 Å². The molecule has 0 aliphatic carbocycles. The minimum Gasteiger partial charge on any atom is -0.479 e. The molecule has 1 amide bonds. The standard InChI is InChI=1S/C15H21NO3/c1-10(2)12-5-7-13(8-6-12)14(15(18)19)16(9-17)11(3)4/h5-11,14H,1-4H3,(H,18,19). The summed E-state index contributed by atoms with van der Waals surface area (Å²) in [7, 11) is 0. The SMILES string of the molecule is CC(C)c1ccc(C(C(=O)O)N(C=O)C(C)C)cc1. The van der Waals surface area contributed by atoms with E-state index in [4.69, 9.17) is 0 Å². The third kappa shape index (κ3) is 3.56. The molecule has 0 heterocycles. The lowest BCUT2D eigenvalue weighted by Crippen LogP contribution is -2.38. The van der Waals surface area contributed by atoms with Gasteiger partial charge in [0, 0.05) is 6.04 Å². The van der Waals surface area contributed by atoms with Crippen LogP contribution in [0.25, 0.3) is 0 Å². The van der Waals surface area contributed by atoms with Crippen molar-refractivity contribution >= 4 is 12.4 Å². The Hall–Kier alpha value is -1.84. The Kier molecular flexibility index (Phi) is 5.10. The second-order valence-electron chi connectivity index (χ2n) is 5.21. The van der Waals surface area contributed by atoms with Crippen LogP contribution in [-0.2, 0) is 9.59 Å². The Bertz CT molecular complexity index is 437. The first-order valence-corrected chi connectivity index (χ1v) is 6.43. The normalized spacial score (nSPS) is 12.5. The first-order valence-electron chi connectivity index (χ1n) is 6.43. The Morgan fingerprint density at radius 3 is 1.89 bits per heavy atom. The predicted octanol–water partition coefficient (Wildman–Crippen LogP) is 2.80. The molecule has 0 aliphatic heterocycles. The van der Waals surface area contributed by atoms with Crippen LogP contribution in [0.4, 0.5) is 0 Å². The van der Waals surface area contributed by atoms with Gasteiger partial charge in [-0.25, -0.2) is 4.79 Å². The average Bonchev–Trinajstić information content (AvgIpc) is 2.34. The van der Waals surface area contributed by atoms with Crippen molar-refractivity contribution in [2.45, 2.75) is 45.7 Å². The van der Waals surface area contributed by atoms with Crippen LogP contribution in [0.5, 0.6) is 0 Å². The molecule has 0 bridgehead atoms. The summed E-state index contributed by atoms with van der Waals surface area (Å²) in [6, 6.07) is 6.31. The maximum Gasteiger partial charge on any atom is 0.331 e. The second kappa shape index (κ2) is 6.36. The van der Waals surface area contributed by atoms with Gasteiger partial charge in [0.1, 0.15) is 0 Å². The van der Waals surface area contributed by atoms with Crippen LogP contribution >= 0.6 is 0 Å². The van der Waals surface area contributed by atoms with Crippen LogP contribution in [0.2, 0.25) is 0 Å². The highest BCUT2D eigenvalue weighted by molar-refractivity contribution is 5.78. The van der Waals surface area contributed by atoms with E-state index < -0.39 is 12.0 Å². The molecule has 1 rings (SSSR count). The van der Waals surface area contributed by atoms with Crippen molar-refractivity contribution in [2.75, 3.05) is 0 Å². The van der Waals surface area contributed by atoms with Gasteiger partial charge in [0.15, 0.2) is 6.04 Å². The molecule has 0 aliphatic rings. The minimum absolute atomic E-state index is 0.164. The van der Waals surface area contributed by atoms with E-state index in [0.717, 1.165) is 5.56 Å². The molecule has 0 saturated carbocycles. The third-order valence-electron chi connectivity index (χ3n) is 3.17. The Labute approximate surface area is 114 Å². The van der Waals surface area contributed by atoms with Gasteiger partial charge in [-0.15, -0.1) is 0 Å². The third-order valence-corrected chi connectivity index (χ3v) is 3.17. The molecule has 104 valence electrons. The molecule has 4 nitrogen and oxygen atoms in total. The number of hydrogen-bond acceptors (Lipinski definition) is 2. The number of amides is 1. The van der Waals surface area contributed by atoms with Crippen LogP contribution < -0.4 is 0 Å². The Morgan fingerprint density at radius 1 is 1.11 bits per heavy atom. The number of carboxylic acid groups (broad SMARTS) is 1. The number of hydrogen-bond donors (Lipinski definition) is 1. The highest BCUT2D eigenvalue weighted by atomic mass is 16.4. The summed E-state index contributed by atoms with van der Waals surface area (Å²) in [4.78, 5) is 23.8. The Balaban J connectivity index is 3.12. The molecular weight excluding hydrogens is 242 g/mol. The molecule has 0 aromatic heterocycles. The number of aliphatic carboxylic acids is 1. The maximum atomic E-state index is 11.4. The number of carbonyl (C=O) groups is 2. The Morgan fingerprint density at radius 2 is 1.58 bits per heavy atom. The molecule has 19 heavy (non-hydrogen) atoms. The fraction of sp³-hybridized carbons (Fsp3) is 0.467. The van der Waals surface area contributed by atoms with E-state index in [2.05, 4.69) is 13.8 Å². The maximum absolute atomic E-state index is 11.4. The van der Waals surface area contributed by atoms with Gasteiger partial charge in [0.05, 0.1) is 0 Å². The van der Waals surface area contributed by atoms with Crippen molar-refractivity contribution in [3.05, 3.63) is 35.4 Å². The van der Waals surface area contributed by atoms with E-state index in [1.807, 2.05) is 12.1 Å². The van der Waals surface area contributed by atoms with Gasteiger partial charge < -0.3 is 10.0 Å². The van der Waals surface area contributed by atoms with E-state index >= 15 is 0 Å². The molecule has 0 fully saturated rings. The van der Waals surface area contributed by atoms with Gasteiger partial charge >= 0.3 is 5.97 Å². The van der Waals surface area contributed by atoms with Crippen LogP contribution in [0.1, 0.15) is 50.8 Å². The zero-order chi connectivity index (χ0) is 14.6. The van der Waals surface area contributed by atoms with Gasteiger partial charge in [-0.1, -0.05) is 38.1 Å². The zero-order valence-corrected chi connectivity index (χ0v) is 11.8. The van der Waals surface area contributed by atoms with Crippen LogP contribution in [-0.4, -0.2) is 28.4 Å². The lowest BCUT2D eigenvalue weighted by atomic mass is 9.98. The minimum atomic E-state index is -1.02. The molecule has 4 heteroatoms. The highest BCUT2D eigenvalue weighted by Crippen LogP contribution is 2.24. The average molecular weight is 263 g/mol. The molecule has 0 radical (unpaired) electrons. The molecular formula is C15H21NO3. The van der Waals surface area contributed by atoms with Crippen molar-refractivity contribution in [2.24, 2.45) is 0 Å². The van der Waals surface area contributed by atoms with Gasteiger partial charge in [-0.3, -0.25) is 4.79 Å². The molecule has 0 saturated heterocycles. The van der Waals surface area contributed by atoms with E-state index in [1.54, 1.807) is 26.0 Å². The molecule has 0 spiro atoms. The van der Waals surface area contributed by atoms with Crippen molar-refractivity contribution < 1.29 is 14.7 Å². The number of benzene rings is 1. The van der Waals surface area contributed by atoms with Crippen molar-refractivity contribution in [3.63, 3.8) is 0 Å². The van der Waals surface area contributed by atoms with Gasteiger partial charge in [0.2, 0.25) is 6.41 Å². The van der Waals surface area contributed by atoms with E-state index in [-0.39, 0.29) is 6.04 Å². The summed E-state index contributed by atoms with van der Waals surface area (Å²) < 4.78 is 0. The van der Waals surface area contributed by atoms with Crippen molar-refractivity contribution in [1.29, 1.82) is 0 Å². The van der Waals surface area contributed by atoms with Gasteiger partial charge in [-0.05, 0) is 30.9 Å². The van der Waals surface area contributed by atoms with E-state index in [9.17, 15) is 14.7 Å². The largest absolute Gasteiger partial charge is 0.479 e. The quantitative estimate of drug-likeness (QED) is 0.803. The molecule has 1 aromatic rings. The first kappa shape index (κ1) is 15.2. The van der Waals surface area contributed by atoms with Gasteiger partial charge in [-0.2, -0.15) is 0 Å². The summed E-state index contributed by atoms with van der Waals surface area (Å²) in [6.45, 7) is 7.75. The second-order valence-corrected chi connectivity index (χ2v) is 5.21. The monoisotopic (exact) mass is 263 g/mol. The zero-order valence-electron chi connectivity index (χ0n) is 11.8. The van der Waals surface area contributed by atoms with E-state index in [1.165, 1.54) is 4.90 Å². The predicted molar refractivity (Wildman–Crippen MR) is 73.9 cm³/mol. The van der Waals surface area contributed by atoms with Crippen LogP contribution in [0, 0.1) is 0 Å². The molecule has 1 unspecified atom stereocenters. The van der Waals surface area contributed by atoms with Crippen LogP contribution in [0.15, 0.2) is 24.3 Å².